The molecule has 0 saturated carbocycles. The molecule has 0 atom stereocenters. The first-order valence-corrected chi connectivity index (χ1v) is 3.80. The summed E-state index contributed by atoms with van der Waals surface area (Å²) in [4.78, 5) is 0. The van der Waals surface area contributed by atoms with E-state index in [4.69, 9.17) is 0 Å². The van der Waals surface area contributed by atoms with Crippen molar-refractivity contribution < 1.29 is 5.11 Å². The highest BCUT2D eigenvalue weighted by atomic mass is 16.3. The molecule has 0 saturated heterocycles. The first-order chi connectivity index (χ1) is 5.43. The molecular weight excluding hydrogens is 138 g/mol. The van der Waals surface area contributed by atoms with Gasteiger partial charge in [0, 0.05) is 12.2 Å². The molecule has 11 heavy (non-hydrogen) atoms. The molecule has 0 spiro atoms. The van der Waals surface area contributed by atoms with Gasteiger partial charge in [-0.15, -0.1) is 0 Å². The van der Waals surface area contributed by atoms with Gasteiger partial charge in [-0.25, -0.2) is 5.11 Å². The van der Waals surface area contributed by atoms with E-state index in [0.29, 0.717) is 6.42 Å². The Bertz CT molecular complexity index is 186. The molecule has 0 aliphatic heterocycles. The van der Waals surface area contributed by atoms with Crippen LogP contribution < -0.4 is 5.32 Å². The molecule has 2 nitrogen and oxygen atoms in total. The van der Waals surface area contributed by atoms with E-state index in [9.17, 15) is 5.11 Å². The van der Waals surface area contributed by atoms with Crippen LogP contribution in [0.2, 0.25) is 0 Å². The highest BCUT2D eigenvalue weighted by molar-refractivity contribution is 5.42. The van der Waals surface area contributed by atoms with Crippen LogP contribution >= 0.6 is 0 Å². The van der Waals surface area contributed by atoms with Gasteiger partial charge in [0.1, 0.15) is 0 Å². The highest BCUT2D eigenvalue weighted by Crippen LogP contribution is 2.03. The monoisotopic (exact) mass is 150 g/mol. The van der Waals surface area contributed by atoms with Crippen LogP contribution in [0.15, 0.2) is 30.3 Å². The molecule has 1 aromatic rings. The lowest BCUT2D eigenvalue weighted by molar-refractivity contribution is 0.192. The summed E-state index contributed by atoms with van der Waals surface area (Å²) in [5.74, 6) is 0. The van der Waals surface area contributed by atoms with Crippen molar-refractivity contribution in [2.45, 2.75) is 6.42 Å². The van der Waals surface area contributed by atoms with Gasteiger partial charge in [0.05, 0.1) is 6.61 Å². The van der Waals surface area contributed by atoms with Crippen molar-refractivity contribution in [3.63, 3.8) is 0 Å². The van der Waals surface area contributed by atoms with Gasteiger partial charge < -0.3 is 5.32 Å². The smallest absolute Gasteiger partial charge is 0.0839 e. The van der Waals surface area contributed by atoms with Crippen LogP contribution in [0.1, 0.15) is 6.42 Å². The standard InChI is InChI=1S/C9H12NO/c11-8-4-7-10-9-5-2-1-3-6-9/h1-3,5-6,10H,4,7-8H2. The summed E-state index contributed by atoms with van der Waals surface area (Å²) in [7, 11) is 0. The van der Waals surface area contributed by atoms with Gasteiger partial charge >= 0.3 is 0 Å². The van der Waals surface area contributed by atoms with E-state index in [1.54, 1.807) is 0 Å². The van der Waals surface area contributed by atoms with Crippen molar-refractivity contribution in [2.24, 2.45) is 0 Å². The Kier molecular flexibility index (Phi) is 3.48. The average Bonchev–Trinajstić information content (AvgIpc) is 2.07. The van der Waals surface area contributed by atoms with Gasteiger partial charge in [0.2, 0.25) is 0 Å². The fraction of sp³-hybridized carbons (Fsp3) is 0.333. The zero-order valence-electron chi connectivity index (χ0n) is 6.42. The van der Waals surface area contributed by atoms with Gasteiger partial charge in [-0.1, -0.05) is 18.2 Å². The van der Waals surface area contributed by atoms with Gasteiger partial charge in [0.25, 0.3) is 0 Å². The summed E-state index contributed by atoms with van der Waals surface area (Å²) < 4.78 is 0. The Balaban J connectivity index is 2.28. The molecule has 0 fully saturated rings. The quantitative estimate of drug-likeness (QED) is 0.653. The molecule has 1 N–H and O–H groups in total. The van der Waals surface area contributed by atoms with Crippen molar-refractivity contribution in [1.29, 1.82) is 0 Å². The second-order valence-corrected chi connectivity index (χ2v) is 2.35. The molecule has 0 amide bonds. The zero-order valence-corrected chi connectivity index (χ0v) is 6.42. The minimum atomic E-state index is -0.000165. The van der Waals surface area contributed by atoms with Gasteiger partial charge in [0.15, 0.2) is 0 Å². The predicted octanol–water partition coefficient (Wildman–Crippen LogP) is 1.92. The van der Waals surface area contributed by atoms with Crippen LogP contribution in [0.5, 0.6) is 0 Å². The molecule has 59 valence electrons. The molecule has 0 heterocycles. The Morgan fingerprint density at radius 1 is 1.18 bits per heavy atom. The molecule has 0 aromatic heterocycles. The number of hydrogen-bond acceptors (Lipinski definition) is 1. The summed E-state index contributed by atoms with van der Waals surface area (Å²) in [6.45, 7) is 0.771. The maximum atomic E-state index is 10.1. The normalized spacial score (nSPS) is 9.55. The summed E-state index contributed by atoms with van der Waals surface area (Å²) in [6, 6.07) is 9.90. The van der Waals surface area contributed by atoms with Gasteiger partial charge in [-0.2, -0.15) is 0 Å². The minimum absolute atomic E-state index is 0.000165. The first kappa shape index (κ1) is 8.08. The lowest BCUT2D eigenvalue weighted by Gasteiger charge is -2.02. The summed E-state index contributed by atoms with van der Waals surface area (Å²) in [6.07, 6.45) is 0.689. The highest BCUT2D eigenvalue weighted by Gasteiger charge is 1.87. The zero-order chi connectivity index (χ0) is 7.94. The lowest BCUT2D eigenvalue weighted by Crippen LogP contribution is -2.02. The van der Waals surface area contributed by atoms with Crippen molar-refractivity contribution in [2.75, 3.05) is 18.5 Å². The van der Waals surface area contributed by atoms with Crippen molar-refractivity contribution in [3.05, 3.63) is 30.3 Å². The van der Waals surface area contributed by atoms with Crippen LogP contribution in [-0.2, 0) is 5.11 Å². The second kappa shape index (κ2) is 4.74. The number of nitrogens with one attached hydrogen (secondary N) is 1. The summed E-state index contributed by atoms with van der Waals surface area (Å²) in [5, 5.41) is 13.2. The third kappa shape index (κ3) is 3.05. The number of benzene rings is 1. The Morgan fingerprint density at radius 3 is 2.55 bits per heavy atom. The molecule has 0 unspecified atom stereocenters. The lowest BCUT2D eigenvalue weighted by atomic mass is 10.3. The number of rotatable bonds is 4. The number of para-hydroxylation sites is 1. The first-order valence-electron chi connectivity index (χ1n) is 3.80. The minimum Gasteiger partial charge on any atom is -0.385 e. The third-order valence-corrected chi connectivity index (χ3v) is 1.42. The van der Waals surface area contributed by atoms with Gasteiger partial charge in [-0.05, 0) is 18.6 Å². The van der Waals surface area contributed by atoms with Crippen molar-refractivity contribution in [1.82, 2.24) is 0 Å². The fourth-order valence-corrected chi connectivity index (χ4v) is 0.861. The fourth-order valence-electron chi connectivity index (χ4n) is 0.861. The molecule has 1 rings (SSSR count). The average molecular weight is 150 g/mol. The van der Waals surface area contributed by atoms with Crippen LogP contribution in [0.3, 0.4) is 0 Å². The maximum absolute atomic E-state index is 10.1. The number of hydrogen-bond donors (Lipinski definition) is 1. The van der Waals surface area contributed by atoms with E-state index in [0.717, 1.165) is 12.2 Å². The van der Waals surface area contributed by atoms with E-state index >= 15 is 0 Å². The Labute approximate surface area is 66.9 Å². The maximum Gasteiger partial charge on any atom is 0.0839 e. The Hall–Kier alpha value is -1.02. The molecule has 0 aliphatic carbocycles. The summed E-state index contributed by atoms with van der Waals surface area (Å²) in [5.41, 5.74) is 1.08. The van der Waals surface area contributed by atoms with Crippen molar-refractivity contribution >= 4 is 5.69 Å². The predicted molar refractivity (Wildman–Crippen MR) is 45.1 cm³/mol. The number of anilines is 1. The van der Waals surface area contributed by atoms with E-state index in [-0.39, 0.29) is 6.61 Å². The molecular formula is C9H12NO. The van der Waals surface area contributed by atoms with E-state index in [2.05, 4.69) is 5.32 Å². The topological polar surface area (TPSA) is 31.9 Å². The van der Waals surface area contributed by atoms with Crippen molar-refractivity contribution in [3.8, 4) is 0 Å². The largest absolute Gasteiger partial charge is 0.385 e. The molecule has 1 radical (unpaired) electrons. The SMILES string of the molecule is [O]CCCNc1ccccc1. The van der Waals surface area contributed by atoms with Gasteiger partial charge in [-0.3, -0.25) is 0 Å². The van der Waals surface area contributed by atoms with Crippen LogP contribution in [0.4, 0.5) is 5.69 Å². The molecule has 2 heteroatoms. The third-order valence-electron chi connectivity index (χ3n) is 1.42. The van der Waals surface area contributed by atoms with E-state index in [1.165, 1.54) is 0 Å². The molecule has 0 bridgehead atoms. The van der Waals surface area contributed by atoms with Crippen LogP contribution in [-0.4, -0.2) is 13.2 Å². The molecule has 0 aliphatic rings. The second-order valence-electron chi connectivity index (χ2n) is 2.35. The summed E-state index contributed by atoms with van der Waals surface area (Å²) >= 11 is 0. The van der Waals surface area contributed by atoms with Crippen LogP contribution in [0, 0.1) is 0 Å². The van der Waals surface area contributed by atoms with Crippen LogP contribution in [0.25, 0.3) is 0 Å². The Morgan fingerprint density at radius 2 is 1.91 bits per heavy atom. The molecule has 1 aromatic carbocycles. The van der Waals surface area contributed by atoms with E-state index < -0.39 is 0 Å². The van der Waals surface area contributed by atoms with E-state index in [1.807, 2.05) is 30.3 Å².